The molecule has 1 aliphatic carbocycles. The summed E-state index contributed by atoms with van der Waals surface area (Å²) < 4.78 is 1.76. The first-order valence-electron chi connectivity index (χ1n) is 11.3. The summed E-state index contributed by atoms with van der Waals surface area (Å²) in [6, 6.07) is 10.8. The third kappa shape index (κ3) is 5.53. The van der Waals surface area contributed by atoms with Crippen LogP contribution in [0.15, 0.2) is 60.5 Å². The number of rotatable bonds is 9. The SMILES string of the molecule is Cc1ccccc1C(NC(C(=O)Cn1ccnc1)c1cccs1)C(=O)NC1CCCCC1. The van der Waals surface area contributed by atoms with Gasteiger partial charge in [-0.25, -0.2) is 4.98 Å². The van der Waals surface area contributed by atoms with Crippen LogP contribution < -0.4 is 10.6 Å². The molecule has 2 unspecified atom stereocenters. The average molecular weight is 451 g/mol. The van der Waals surface area contributed by atoms with Gasteiger partial charge in [0.25, 0.3) is 0 Å². The maximum absolute atomic E-state index is 13.5. The van der Waals surface area contributed by atoms with Crippen molar-refractivity contribution in [3.8, 4) is 0 Å². The van der Waals surface area contributed by atoms with Crippen LogP contribution in [0, 0.1) is 6.92 Å². The molecule has 0 aliphatic heterocycles. The maximum atomic E-state index is 13.5. The molecular weight excluding hydrogens is 420 g/mol. The van der Waals surface area contributed by atoms with E-state index < -0.39 is 12.1 Å². The van der Waals surface area contributed by atoms with Gasteiger partial charge < -0.3 is 9.88 Å². The molecular formula is C25H30N4O2S. The van der Waals surface area contributed by atoms with Crippen LogP contribution in [0.25, 0.3) is 0 Å². The summed E-state index contributed by atoms with van der Waals surface area (Å²) in [5.41, 5.74) is 1.92. The Hall–Kier alpha value is -2.77. The molecule has 2 N–H and O–H groups in total. The van der Waals surface area contributed by atoms with Crippen LogP contribution in [0.4, 0.5) is 0 Å². The molecule has 2 atom stereocenters. The highest BCUT2D eigenvalue weighted by Gasteiger charge is 2.31. The first-order valence-corrected chi connectivity index (χ1v) is 12.1. The number of aryl methyl sites for hydroxylation is 1. The zero-order valence-electron chi connectivity index (χ0n) is 18.4. The summed E-state index contributed by atoms with van der Waals surface area (Å²) >= 11 is 1.52. The van der Waals surface area contributed by atoms with Gasteiger partial charge in [-0.15, -0.1) is 11.3 Å². The van der Waals surface area contributed by atoms with Crippen molar-refractivity contribution in [3.63, 3.8) is 0 Å². The van der Waals surface area contributed by atoms with Crippen LogP contribution in [0.1, 0.15) is 60.2 Å². The number of ketones is 1. The van der Waals surface area contributed by atoms with Crippen molar-refractivity contribution >= 4 is 23.0 Å². The molecule has 0 radical (unpaired) electrons. The molecule has 1 amide bonds. The third-order valence-electron chi connectivity index (χ3n) is 6.09. The van der Waals surface area contributed by atoms with E-state index in [0.717, 1.165) is 41.7 Å². The lowest BCUT2D eigenvalue weighted by Crippen LogP contribution is -2.45. The molecule has 2 heterocycles. The van der Waals surface area contributed by atoms with Crippen molar-refractivity contribution in [2.45, 2.75) is 63.7 Å². The van der Waals surface area contributed by atoms with E-state index in [1.165, 1.54) is 17.8 Å². The van der Waals surface area contributed by atoms with Crippen molar-refractivity contribution in [2.24, 2.45) is 0 Å². The predicted octanol–water partition coefficient (Wildman–Crippen LogP) is 4.34. The van der Waals surface area contributed by atoms with Crippen molar-refractivity contribution < 1.29 is 9.59 Å². The Labute approximate surface area is 193 Å². The molecule has 0 spiro atoms. The fourth-order valence-electron chi connectivity index (χ4n) is 4.36. The molecule has 1 aliphatic rings. The molecule has 1 saturated carbocycles. The van der Waals surface area contributed by atoms with Gasteiger partial charge in [-0.05, 0) is 42.3 Å². The van der Waals surface area contributed by atoms with Gasteiger partial charge in [0.1, 0.15) is 12.1 Å². The summed E-state index contributed by atoms with van der Waals surface area (Å²) in [4.78, 5) is 31.8. The Bertz CT molecular complexity index is 1010. The number of aromatic nitrogens is 2. The summed E-state index contributed by atoms with van der Waals surface area (Å²) in [6.45, 7) is 2.20. The molecule has 1 fully saturated rings. The van der Waals surface area contributed by atoms with Crippen molar-refractivity contribution in [2.75, 3.05) is 0 Å². The van der Waals surface area contributed by atoms with Gasteiger partial charge in [-0.2, -0.15) is 0 Å². The monoisotopic (exact) mass is 450 g/mol. The van der Waals surface area contributed by atoms with Gasteiger partial charge >= 0.3 is 0 Å². The second kappa shape index (κ2) is 10.7. The second-order valence-electron chi connectivity index (χ2n) is 8.45. The molecule has 0 bridgehead atoms. The summed E-state index contributed by atoms with van der Waals surface area (Å²) in [5, 5.41) is 8.64. The highest BCUT2D eigenvalue weighted by molar-refractivity contribution is 7.10. The number of benzene rings is 1. The molecule has 2 aromatic heterocycles. The molecule has 7 heteroatoms. The van der Waals surface area contributed by atoms with Gasteiger partial charge in [0, 0.05) is 23.3 Å². The number of hydrogen-bond donors (Lipinski definition) is 2. The Morgan fingerprint density at radius 1 is 1.12 bits per heavy atom. The van der Waals surface area contributed by atoms with Crippen molar-refractivity contribution in [1.29, 1.82) is 0 Å². The normalized spacial score (nSPS) is 16.4. The van der Waals surface area contributed by atoms with Crippen LogP contribution in [-0.4, -0.2) is 27.3 Å². The Balaban J connectivity index is 1.61. The minimum Gasteiger partial charge on any atom is -0.352 e. The van der Waals surface area contributed by atoms with E-state index >= 15 is 0 Å². The number of imidazole rings is 1. The Morgan fingerprint density at radius 2 is 1.94 bits per heavy atom. The van der Waals surface area contributed by atoms with Gasteiger partial charge in [-0.3, -0.25) is 14.9 Å². The van der Waals surface area contributed by atoms with E-state index in [0.29, 0.717) is 0 Å². The number of carbonyl (C=O) groups excluding carboxylic acids is 2. The Kier molecular flexibility index (Phi) is 7.50. The number of Topliss-reactive ketones (excluding diaryl/α,β-unsaturated/α-hetero) is 1. The summed E-state index contributed by atoms with van der Waals surface area (Å²) in [7, 11) is 0. The zero-order chi connectivity index (χ0) is 22.3. The quantitative estimate of drug-likeness (QED) is 0.508. The first kappa shape index (κ1) is 22.4. The number of carbonyl (C=O) groups is 2. The van der Waals surface area contributed by atoms with Gasteiger partial charge in [0.15, 0.2) is 5.78 Å². The standard InChI is InChI=1S/C25H30N4O2S/c1-18-8-5-6-11-20(18)23(25(31)27-19-9-3-2-4-10-19)28-24(22-12-7-15-32-22)21(30)16-29-14-13-26-17-29/h5-8,11-15,17,19,23-24,28H,2-4,9-10,16H2,1H3,(H,27,31). The second-order valence-corrected chi connectivity index (χ2v) is 9.43. The van der Waals surface area contributed by atoms with Crippen molar-refractivity contribution in [3.05, 3.63) is 76.5 Å². The number of thiophene rings is 1. The lowest BCUT2D eigenvalue weighted by atomic mass is 9.94. The van der Waals surface area contributed by atoms with Crippen molar-refractivity contribution in [1.82, 2.24) is 20.2 Å². The lowest BCUT2D eigenvalue weighted by molar-refractivity contribution is -0.125. The third-order valence-corrected chi connectivity index (χ3v) is 7.03. The van der Waals surface area contributed by atoms with E-state index in [9.17, 15) is 9.59 Å². The van der Waals surface area contributed by atoms with Crippen LogP contribution in [0.5, 0.6) is 0 Å². The van der Waals surface area contributed by atoms with E-state index in [4.69, 9.17) is 0 Å². The van der Waals surface area contributed by atoms with Crippen LogP contribution in [0.2, 0.25) is 0 Å². The summed E-state index contributed by atoms with van der Waals surface area (Å²) in [6.07, 6.45) is 10.6. The highest BCUT2D eigenvalue weighted by atomic mass is 32.1. The average Bonchev–Trinajstić information content (AvgIpc) is 3.50. The Morgan fingerprint density at radius 3 is 2.62 bits per heavy atom. The van der Waals surface area contributed by atoms with E-state index in [1.807, 2.05) is 48.7 Å². The van der Waals surface area contributed by atoms with E-state index in [1.54, 1.807) is 23.3 Å². The van der Waals surface area contributed by atoms with E-state index in [2.05, 4.69) is 15.6 Å². The zero-order valence-corrected chi connectivity index (χ0v) is 19.2. The topological polar surface area (TPSA) is 76.0 Å². The number of nitrogens with one attached hydrogen (secondary N) is 2. The minimum atomic E-state index is -0.614. The number of nitrogens with zero attached hydrogens (tertiary/aromatic N) is 2. The summed E-state index contributed by atoms with van der Waals surface area (Å²) in [5.74, 6) is -0.0716. The predicted molar refractivity (Wildman–Crippen MR) is 126 cm³/mol. The number of amides is 1. The fourth-order valence-corrected chi connectivity index (χ4v) is 5.16. The fraction of sp³-hybridized carbons (Fsp3) is 0.400. The molecule has 4 rings (SSSR count). The van der Waals surface area contributed by atoms with E-state index in [-0.39, 0.29) is 24.3 Å². The largest absolute Gasteiger partial charge is 0.352 e. The minimum absolute atomic E-state index is 0.00509. The molecule has 1 aromatic carbocycles. The molecule has 168 valence electrons. The van der Waals surface area contributed by atoms with Crippen LogP contribution in [0.3, 0.4) is 0 Å². The molecule has 32 heavy (non-hydrogen) atoms. The van der Waals surface area contributed by atoms with Gasteiger partial charge in [0.05, 0.1) is 12.9 Å². The van der Waals surface area contributed by atoms with Crippen LogP contribution >= 0.6 is 11.3 Å². The van der Waals surface area contributed by atoms with Gasteiger partial charge in [0.2, 0.25) is 5.91 Å². The molecule has 6 nitrogen and oxygen atoms in total. The number of hydrogen-bond acceptors (Lipinski definition) is 5. The molecule has 0 saturated heterocycles. The molecule has 3 aromatic rings. The smallest absolute Gasteiger partial charge is 0.241 e. The van der Waals surface area contributed by atoms with Crippen LogP contribution in [-0.2, 0) is 16.1 Å². The van der Waals surface area contributed by atoms with Gasteiger partial charge in [-0.1, -0.05) is 49.6 Å². The lowest BCUT2D eigenvalue weighted by Gasteiger charge is -2.29. The highest BCUT2D eigenvalue weighted by Crippen LogP contribution is 2.27. The first-order chi connectivity index (χ1) is 15.6. The maximum Gasteiger partial charge on any atom is 0.241 e.